The number of rotatable bonds is 3. The summed E-state index contributed by atoms with van der Waals surface area (Å²) in [4.78, 5) is 5.84. The summed E-state index contributed by atoms with van der Waals surface area (Å²) in [6.45, 7) is 0.446. The first kappa shape index (κ1) is 10.8. The smallest absolute Gasteiger partial charge is 0.233 e. The van der Waals surface area contributed by atoms with Gasteiger partial charge in [0.2, 0.25) is 11.1 Å². The Labute approximate surface area is 96.7 Å². The van der Waals surface area contributed by atoms with Crippen molar-refractivity contribution in [1.82, 2.24) is 9.36 Å². The number of nitrogen functional groups attached to an aromatic ring is 1. The summed E-state index contributed by atoms with van der Waals surface area (Å²) in [5.74, 6) is 0.0345. The number of aromatic nitrogens is 2. The van der Waals surface area contributed by atoms with E-state index in [1.54, 1.807) is 18.2 Å². The Morgan fingerprint density at radius 3 is 2.81 bits per heavy atom. The molecule has 0 radical (unpaired) electrons. The van der Waals surface area contributed by atoms with Gasteiger partial charge in [-0.2, -0.15) is 9.36 Å². The standard InChI is InChI=1S/C10H11FN4S/c1-15(10-13-9(12)14-16-10)6-7-4-2-3-5-8(7)11/h2-5H,6H2,1H3,(H2,12,14). The van der Waals surface area contributed by atoms with Crippen molar-refractivity contribution in [3.05, 3.63) is 35.6 Å². The molecule has 0 saturated heterocycles. The molecule has 0 fully saturated rings. The first-order valence-electron chi connectivity index (χ1n) is 4.70. The minimum atomic E-state index is -0.216. The van der Waals surface area contributed by atoms with Crippen LogP contribution >= 0.6 is 11.5 Å². The molecule has 16 heavy (non-hydrogen) atoms. The molecule has 2 rings (SSSR count). The monoisotopic (exact) mass is 238 g/mol. The van der Waals surface area contributed by atoms with Crippen LogP contribution in [0, 0.1) is 5.82 Å². The van der Waals surface area contributed by atoms with E-state index in [0.717, 1.165) is 0 Å². The molecule has 2 aromatic rings. The molecule has 1 aromatic carbocycles. The highest BCUT2D eigenvalue weighted by molar-refractivity contribution is 7.09. The Kier molecular flexibility index (Phi) is 3.00. The van der Waals surface area contributed by atoms with Gasteiger partial charge < -0.3 is 10.6 Å². The van der Waals surface area contributed by atoms with Gasteiger partial charge in [-0.15, -0.1) is 0 Å². The third-order valence-corrected chi connectivity index (χ3v) is 2.97. The zero-order valence-corrected chi connectivity index (χ0v) is 9.54. The predicted octanol–water partition coefficient (Wildman–Crippen LogP) is 1.90. The lowest BCUT2D eigenvalue weighted by molar-refractivity contribution is 0.608. The molecule has 0 atom stereocenters. The van der Waals surface area contributed by atoms with Crippen molar-refractivity contribution >= 4 is 22.6 Å². The quantitative estimate of drug-likeness (QED) is 0.887. The molecule has 84 valence electrons. The molecule has 0 saturated carbocycles. The molecule has 2 N–H and O–H groups in total. The third kappa shape index (κ3) is 2.27. The molecule has 1 heterocycles. The molecule has 6 heteroatoms. The lowest BCUT2D eigenvalue weighted by Gasteiger charge is -2.15. The summed E-state index contributed by atoms with van der Waals surface area (Å²) >= 11 is 1.20. The number of nitrogens with zero attached hydrogens (tertiary/aromatic N) is 3. The maximum absolute atomic E-state index is 13.4. The minimum Gasteiger partial charge on any atom is -0.367 e. The van der Waals surface area contributed by atoms with Gasteiger partial charge in [0.1, 0.15) is 5.82 Å². The Morgan fingerprint density at radius 2 is 2.19 bits per heavy atom. The highest BCUT2D eigenvalue weighted by atomic mass is 32.1. The van der Waals surface area contributed by atoms with Crippen molar-refractivity contribution in [3.8, 4) is 0 Å². The van der Waals surface area contributed by atoms with Crippen LogP contribution in [0.15, 0.2) is 24.3 Å². The molecule has 0 bridgehead atoms. The summed E-state index contributed by atoms with van der Waals surface area (Å²) in [5, 5.41) is 0.681. The maximum atomic E-state index is 13.4. The molecule has 0 amide bonds. The van der Waals surface area contributed by atoms with Crippen molar-refractivity contribution in [3.63, 3.8) is 0 Å². The van der Waals surface area contributed by atoms with E-state index < -0.39 is 0 Å². The fraction of sp³-hybridized carbons (Fsp3) is 0.200. The van der Waals surface area contributed by atoms with Crippen LogP contribution in [0.1, 0.15) is 5.56 Å². The lowest BCUT2D eigenvalue weighted by atomic mass is 10.2. The van der Waals surface area contributed by atoms with Crippen molar-refractivity contribution in [2.24, 2.45) is 0 Å². The zero-order chi connectivity index (χ0) is 11.5. The summed E-state index contributed by atoms with van der Waals surface area (Å²) < 4.78 is 17.3. The lowest BCUT2D eigenvalue weighted by Crippen LogP contribution is -2.17. The Hall–Kier alpha value is -1.69. The number of halogens is 1. The fourth-order valence-corrected chi connectivity index (χ4v) is 1.89. The normalized spacial score (nSPS) is 10.4. The molecule has 0 unspecified atom stereocenters. The topological polar surface area (TPSA) is 55.0 Å². The Bertz CT molecular complexity index is 485. The van der Waals surface area contributed by atoms with Gasteiger partial charge in [0, 0.05) is 30.7 Å². The van der Waals surface area contributed by atoms with Crippen LogP contribution in [0.5, 0.6) is 0 Å². The molecular formula is C10H11FN4S. The zero-order valence-electron chi connectivity index (χ0n) is 8.72. The van der Waals surface area contributed by atoms with Gasteiger partial charge in [0.05, 0.1) is 0 Å². The van der Waals surface area contributed by atoms with Gasteiger partial charge in [-0.1, -0.05) is 18.2 Å². The van der Waals surface area contributed by atoms with Gasteiger partial charge in [-0.05, 0) is 6.07 Å². The van der Waals surface area contributed by atoms with Crippen LogP contribution in [0.4, 0.5) is 15.5 Å². The summed E-state index contributed by atoms with van der Waals surface area (Å²) in [7, 11) is 1.83. The summed E-state index contributed by atoms with van der Waals surface area (Å²) in [5.41, 5.74) is 6.05. The SMILES string of the molecule is CN(Cc1ccccc1F)c1nc(N)ns1. The fourth-order valence-electron chi connectivity index (χ4n) is 1.33. The van der Waals surface area contributed by atoms with Crippen molar-refractivity contribution < 1.29 is 4.39 Å². The minimum absolute atomic E-state index is 0.216. The van der Waals surface area contributed by atoms with Crippen LogP contribution in [-0.4, -0.2) is 16.4 Å². The molecule has 0 aliphatic carbocycles. The van der Waals surface area contributed by atoms with E-state index in [-0.39, 0.29) is 11.8 Å². The van der Waals surface area contributed by atoms with Gasteiger partial charge in [0.25, 0.3) is 0 Å². The van der Waals surface area contributed by atoms with E-state index in [1.807, 2.05) is 11.9 Å². The molecule has 0 aliphatic rings. The molecule has 4 nitrogen and oxygen atoms in total. The second-order valence-electron chi connectivity index (χ2n) is 3.38. The average molecular weight is 238 g/mol. The number of hydrogen-bond acceptors (Lipinski definition) is 5. The summed E-state index contributed by atoms with van der Waals surface area (Å²) in [6, 6.07) is 6.66. The number of benzene rings is 1. The van der Waals surface area contributed by atoms with Crippen LogP contribution in [-0.2, 0) is 6.54 Å². The molecule has 0 aliphatic heterocycles. The van der Waals surface area contributed by atoms with E-state index in [9.17, 15) is 4.39 Å². The number of hydrogen-bond donors (Lipinski definition) is 1. The highest BCUT2D eigenvalue weighted by Crippen LogP contribution is 2.19. The first-order valence-corrected chi connectivity index (χ1v) is 5.48. The van der Waals surface area contributed by atoms with Gasteiger partial charge in [-0.3, -0.25) is 0 Å². The molecular weight excluding hydrogens is 227 g/mol. The van der Waals surface area contributed by atoms with Crippen molar-refractivity contribution in [1.29, 1.82) is 0 Å². The largest absolute Gasteiger partial charge is 0.367 e. The van der Waals surface area contributed by atoms with E-state index in [2.05, 4.69) is 9.36 Å². The van der Waals surface area contributed by atoms with Gasteiger partial charge in [-0.25, -0.2) is 4.39 Å². The third-order valence-electron chi connectivity index (χ3n) is 2.12. The average Bonchev–Trinajstić information content (AvgIpc) is 2.68. The van der Waals surface area contributed by atoms with Gasteiger partial charge in [0.15, 0.2) is 0 Å². The van der Waals surface area contributed by atoms with Gasteiger partial charge >= 0.3 is 0 Å². The Morgan fingerprint density at radius 1 is 1.44 bits per heavy atom. The van der Waals surface area contributed by atoms with E-state index in [0.29, 0.717) is 17.2 Å². The second kappa shape index (κ2) is 4.44. The maximum Gasteiger partial charge on any atom is 0.233 e. The Balaban J connectivity index is 2.13. The van der Waals surface area contributed by atoms with Crippen LogP contribution in [0.2, 0.25) is 0 Å². The first-order chi connectivity index (χ1) is 7.66. The van der Waals surface area contributed by atoms with Crippen molar-refractivity contribution in [2.75, 3.05) is 17.7 Å². The second-order valence-corrected chi connectivity index (χ2v) is 4.11. The highest BCUT2D eigenvalue weighted by Gasteiger charge is 2.09. The van der Waals surface area contributed by atoms with Crippen LogP contribution in [0.25, 0.3) is 0 Å². The van der Waals surface area contributed by atoms with Crippen LogP contribution < -0.4 is 10.6 Å². The predicted molar refractivity (Wildman–Crippen MR) is 62.8 cm³/mol. The number of nitrogens with two attached hydrogens (primary N) is 1. The van der Waals surface area contributed by atoms with E-state index in [4.69, 9.17) is 5.73 Å². The van der Waals surface area contributed by atoms with Crippen LogP contribution in [0.3, 0.4) is 0 Å². The molecule has 1 aromatic heterocycles. The van der Waals surface area contributed by atoms with E-state index in [1.165, 1.54) is 17.6 Å². The van der Waals surface area contributed by atoms with E-state index >= 15 is 0 Å². The summed E-state index contributed by atoms with van der Waals surface area (Å²) in [6.07, 6.45) is 0. The molecule has 0 spiro atoms. The number of anilines is 2. The van der Waals surface area contributed by atoms with Crippen molar-refractivity contribution in [2.45, 2.75) is 6.54 Å².